The number of para-hydroxylation sites is 1. The summed E-state index contributed by atoms with van der Waals surface area (Å²) in [5.41, 5.74) is 2.84. The molecular formula is C15H16FN3OS. The maximum absolute atomic E-state index is 13.8. The van der Waals surface area contributed by atoms with Crippen molar-refractivity contribution in [3.8, 4) is 0 Å². The van der Waals surface area contributed by atoms with Gasteiger partial charge in [0.1, 0.15) is 11.5 Å². The van der Waals surface area contributed by atoms with E-state index in [-0.39, 0.29) is 11.7 Å². The van der Waals surface area contributed by atoms with Crippen LogP contribution in [-0.4, -0.2) is 42.0 Å². The Balaban J connectivity index is 1.67. The Bertz CT molecular complexity index is 650. The molecule has 0 saturated carbocycles. The van der Waals surface area contributed by atoms with E-state index in [9.17, 15) is 9.18 Å². The second-order valence-corrected chi connectivity index (χ2v) is 6.05. The molecule has 1 saturated heterocycles. The summed E-state index contributed by atoms with van der Waals surface area (Å²) in [5, 5.41) is 0. The predicted octanol–water partition coefficient (Wildman–Crippen LogP) is 2.55. The van der Waals surface area contributed by atoms with Gasteiger partial charge in [-0.3, -0.25) is 4.79 Å². The number of anilines is 1. The molecule has 1 aromatic heterocycles. The summed E-state index contributed by atoms with van der Waals surface area (Å²) in [5.74, 6) is -0.241. The molecule has 0 spiro atoms. The normalized spacial score (nSPS) is 15.3. The molecule has 3 rings (SSSR count). The third-order valence-corrected chi connectivity index (χ3v) is 4.47. The van der Waals surface area contributed by atoms with E-state index < -0.39 is 0 Å². The van der Waals surface area contributed by atoms with Crippen molar-refractivity contribution in [2.75, 3.05) is 31.1 Å². The van der Waals surface area contributed by atoms with Crippen molar-refractivity contribution in [1.82, 2.24) is 9.88 Å². The van der Waals surface area contributed by atoms with Gasteiger partial charge >= 0.3 is 0 Å². The number of carbonyl (C=O) groups excluding carboxylic acids is 1. The van der Waals surface area contributed by atoms with Crippen LogP contribution in [0.15, 0.2) is 29.8 Å². The zero-order chi connectivity index (χ0) is 14.8. The summed E-state index contributed by atoms with van der Waals surface area (Å²) in [6.45, 7) is 4.35. The third kappa shape index (κ3) is 2.76. The van der Waals surface area contributed by atoms with Crippen LogP contribution in [0.25, 0.3) is 0 Å². The number of aryl methyl sites for hydroxylation is 1. The van der Waals surface area contributed by atoms with Crippen molar-refractivity contribution in [3.05, 3.63) is 46.2 Å². The molecule has 0 radical (unpaired) electrons. The molecule has 0 bridgehead atoms. The maximum Gasteiger partial charge on any atom is 0.273 e. The summed E-state index contributed by atoms with van der Waals surface area (Å²) in [7, 11) is 0. The molecule has 0 aliphatic carbocycles. The first kappa shape index (κ1) is 14.0. The number of amides is 1. The zero-order valence-electron chi connectivity index (χ0n) is 11.8. The average molecular weight is 305 g/mol. The number of thiazole rings is 1. The minimum atomic E-state index is -0.215. The fraction of sp³-hybridized carbons (Fsp3) is 0.333. The van der Waals surface area contributed by atoms with Crippen LogP contribution >= 0.6 is 11.3 Å². The number of rotatable bonds is 2. The molecule has 2 aromatic rings. The van der Waals surface area contributed by atoms with Gasteiger partial charge in [-0.05, 0) is 19.1 Å². The van der Waals surface area contributed by atoms with Crippen LogP contribution in [-0.2, 0) is 0 Å². The van der Waals surface area contributed by atoms with Crippen LogP contribution in [0.1, 0.15) is 15.4 Å². The molecule has 0 N–H and O–H groups in total. The number of benzene rings is 1. The molecule has 2 heterocycles. The van der Waals surface area contributed by atoms with Crippen LogP contribution in [0.5, 0.6) is 0 Å². The van der Waals surface area contributed by atoms with Crippen LogP contribution in [0.4, 0.5) is 10.1 Å². The van der Waals surface area contributed by atoms with Crippen LogP contribution in [0, 0.1) is 12.7 Å². The smallest absolute Gasteiger partial charge is 0.273 e. The lowest BCUT2D eigenvalue weighted by atomic mass is 10.2. The lowest BCUT2D eigenvalue weighted by Crippen LogP contribution is -2.49. The predicted molar refractivity (Wildman–Crippen MR) is 81.4 cm³/mol. The zero-order valence-corrected chi connectivity index (χ0v) is 12.6. The molecule has 1 aliphatic heterocycles. The Morgan fingerprint density at radius 2 is 1.95 bits per heavy atom. The number of piperazine rings is 1. The Morgan fingerprint density at radius 1 is 1.24 bits per heavy atom. The molecule has 0 atom stereocenters. The highest BCUT2D eigenvalue weighted by Crippen LogP contribution is 2.21. The second kappa shape index (κ2) is 5.81. The Labute approximate surface area is 126 Å². The fourth-order valence-corrected chi connectivity index (χ4v) is 3.09. The highest BCUT2D eigenvalue weighted by molar-refractivity contribution is 7.09. The average Bonchev–Trinajstić information content (AvgIpc) is 2.93. The lowest BCUT2D eigenvalue weighted by molar-refractivity contribution is 0.0741. The summed E-state index contributed by atoms with van der Waals surface area (Å²) >= 11 is 1.48. The van der Waals surface area contributed by atoms with Crippen LogP contribution in [0.2, 0.25) is 0 Å². The first-order chi connectivity index (χ1) is 10.2. The summed E-state index contributed by atoms with van der Waals surface area (Å²) < 4.78 is 13.8. The highest BCUT2D eigenvalue weighted by atomic mass is 32.1. The fourth-order valence-electron chi connectivity index (χ4n) is 2.52. The van der Waals surface area contributed by atoms with Crippen molar-refractivity contribution in [3.63, 3.8) is 0 Å². The van der Waals surface area contributed by atoms with Gasteiger partial charge in [0.05, 0.1) is 11.2 Å². The minimum absolute atomic E-state index is 0.0260. The van der Waals surface area contributed by atoms with Gasteiger partial charge in [0, 0.05) is 31.1 Å². The van der Waals surface area contributed by atoms with Crippen molar-refractivity contribution < 1.29 is 9.18 Å². The van der Waals surface area contributed by atoms with Crippen LogP contribution in [0.3, 0.4) is 0 Å². The highest BCUT2D eigenvalue weighted by Gasteiger charge is 2.25. The van der Waals surface area contributed by atoms with Gasteiger partial charge in [0.2, 0.25) is 0 Å². The molecule has 110 valence electrons. The Kier molecular flexibility index (Phi) is 3.88. The molecular weight excluding hydrogens is 289 g/mol. The first-order valence-electron chi connectivity index (χ1n) is 6.85. The molecule has 21 heavy (non-hydrogen) atoms. The quantitative estimate of drug-likeness (QED) is 0.855. The van der Waals surface area contributed by atoms with Gasteiger partial charge in [-0.2, -0.15) is 0 Å². The van der Waals surface area contributed by atoms with Crippen molar-refractivity contribution in [1.29, 1.82) is 0 Å². The van der Waals surface area contributed by atoms with Crippen LogP contribution < -0.4 is 4.90 Å². The largest absolute Gasteiger partial charge is 0.366 e. The van der Waals surface area contributed by atoms with Crippen molar-refractivity contribution in [2.24, 2.45) is 0 Å². The van der Waals surface area contributed by atoms with E-state index in [1.165, 1.54) is 17.4 Å². The molecule has 6 heteroatoms. The lowest BCUT2D eigenvalue weighted by Gasteiger charge is -2.36. The molecule has 1 fully saturated rings. The van der Waals surface area contributed by atoms with Gasteiger partial charge < -0.3 is 9.80 Å². The number of nitrogens with zero attached hydrogens (tertiary/aromatic N) is 3. The van der Waals surface area contributed by atoms with E-state index in [0.717, 1.165) is 4.88 Å². The molecule has 1 aliphatic rings. The topological polar surface area (TPSA) is 36.4 Å². The summed E-state index contributed by atoms with van der Waals surface area (Å²) in [6.07, 6.45) is 0. The van der Waals surface area contributed by atoms with E-state index in [0.29, 0.717) is 37.6 Å². The van der Waals surface area contributed by atoms with Gasteiger partial charge in [-0.15, -0.1) is 11.3 Å². The van der Waals surface area contributed by atoms with E-state index in [2.05, 4.69) is 4.98 Å². The minimum Gasteiger partial charge on any atom is -0.366 e. The number of carbonyl (C=O) groups is 1. The number of hydrogen-bond acceptors (Lipinski definition) is 4. The van der Waals surface area contributed by atoms with Gasteiger partial charge in [0.15, 0.2) is 0 Å². The second-order valence-electron chi connectivity index (χ2n) is 4.99. The molecule has 4 nitrogen and oxygen atoms in total. The number of aromatic nitrogens is 1. The monoisotopic (exact) mass is 305 g/mol. The number of hydrogen-bond donors (Lipinski definition) is 0. The van der Waals surface area contributed by atoms with E-state index in [4.69, 9.17) is 0 Å². The first-order valence-corrected chi connectivity index (χ1v) is 7.73. The van der Waals surface area contributed by atoms with Gasteiger partial charge in [0.25, 0.3) is 5.91 Å². The SMILES string of the molecule is Cc1scnc1C(=O)N1CCN(c2ccccc2F)CC1. The van der Waals surface area contributed by atoms with Gasteiger partial charge in [-0.25, -0.2) is 9.37 Å². The summed E-state index contributed by atoms with van der Waals surface area (Å²) in [6, 6.07) is 6.75. The van der Waals surface area contributed by atoms with Crippen molar-refractivity contribution in [2.45, 2.75) is 6.92 Å². The Hall–Kier alpha value is -1.95. The molecule has 1 amide bonds. The van der Waals surface area contributed by atoms with E-state index in [1.54, 1.807) is 22.5 Å². The van der Waals surface area contributed by atoms with E-state index >= 15 is 0 Å². The maximum atomic E-state index is 13.8. The standard InChI is InChI=1S/C15H16FN3OS/c1-11-14(17-10-21-11)15(20)19-8-6-18(7-9-19)13-5-3-2-4-12(13)16/h2-5,10H,6-9H2,1H3. The summed E-state index contributed by atoms with van der Waals surface area (Å²) in [4.78, 5) is 21.2. The Morgan fingerprint density at radius 3 is 2.57 bits per heavy atom. The molecule has 1 aromatic carbocycles. The van der Waals surface area contributed by atoms with Crippen molar-refractivity contribution >= 4 is 22.9 Å². The van der Waals surface area contributed by atoms with Gasteiger partial charge in [-0.1, -0.05) is 12.1 Å². The molecule has 0 unspecified atom stereocenters. The number of halogens is 1. The third-order valence-electron chi connectivity index (χ3n) is 3.71. The van der Waals surface area contributed by atoms with E-state index in [1.807, 2.05) is 17.9 Å².